The molecule has 1 amide bonds. The van der Waals surface area contributed by atoms with Gasteiger partial charge < -0.3 is 10.0 Å². The molecule has 0 spiro atoms. The highest BCUT2D eigenvalue weighted by Crippen LogP contribution is 2.43. The van der Waals surface area contributed by atoms with Crippen molar-refractivity contribution < 1.29 is 14.7 Å². The molecule has 1 aliphatic carbocycles. The van der Waals surface area contributed by atoms with Gasteiger partial charge in [-0.25, -0.2) is 0 Å². The van der Waals surface area contributed by atoms with Crippen molar-refractivity contribution in [2.75, 3.05) is 6.54 Å². The first-order valence-corrected chi connectivity index (χ1v) is 8.19. The molecule has 1 aromatic rings. The fourth-order valence-electron chi connectivity index (χ4n) is 3.84. The summed E-state index contributed by atoms with van der Waals surface area (Å²) < 4.78 is 0. The SMILES string of the molecule is O=C(O)CC1CCCN1C(=O)CC1CC(c2ccccc2)C1. The quantitative estimate of drug-likeness (QED) is 0.909. The van der Waals surface area contributed by atoms with Crippen LogP contribution in [0.5, 0.6) is 0 Å². The fraction of sp³-hybridized carbons (Fsp3) is 0.556. The third-order valence-corrected chi connectivity index (χ3v) is 5.08. The van der Waals surface area contributed by atoms with Crippen molar-refractivity contribution >= 4 is 11.9 Å². The van der Waals surface area contributed by atoms with Crippen molar-refractivity contribution in [3.8, 4) is 0 Å². The Labute approximate surface area is 131 Å². The van der Waals surface area contributed by atoms with Crippen molar-refractivity contribution in [1.29, 1.82) is 0 Å². The Bertz CT molecular complexity index is 537. The number of carboxylic acids is 1. The van der Waals surface area contributed by atoms with Crippen LogP contribution >= 0.6 is 0 Å². The number of carboxylic acid groups (broad SMARTS) is 1. The van der Waals surface area contributed by atoms with E-state index in [4.69, 9.17) is 5.11 Å². The van der Waals surface area contributed by atoms with E-state index >= 15 is 0 Å². The molecular formula is C18H23NO3. The average molecular weight is 301 g/mol. The van der Waals surface area contributed by atoms with Gasteiger partial charge in [0.1, 0.15) is 0 Å². The third-order valence-electron chi connectivity index (χ3n) is 5.08. The summed E-state index contributed by atoms with van der Waals surface area (Å²) in [7, 11) is 0. The molecule has 1 N–H and O–H groups in total. The van der Waals surface area contributed by atoms with Crippen molar-refractivity contribution in [1.82, 2.24) is 4.90 Å². The number of nitrogens with zero attached hydrogens (tertiary/aromatic N) is 1. The van der Waals surface area contributed by atoms with Gasteiger partial charge in [-0.05, 0) is 43.1 Å². The van der Waals surface area contributed by atoms with Gasteiger partial charge in [0, 0.05) is 19.0 Å². The van der Waals surface area contributed by atoms with Gasteiger partial charge in [-0.1, -0.05) is 30.3 Å². The van der Waals surface area contributed by atoms with Crippen LogP contribution in [0.2, 0.25) is 0 Å². The van der Waals surface area contributed by atoms with Gasteiger partial charge >= 0.3 is 5.97 Å². The van der Waals surface area contributed by atoms with E-state index in [2.05, 4.69) is 24.3 Å². The van der Waals surface area contributed by atoms with Crippen LogP contribution in [0.3, 0.4) is 0 Å². The van der Waals surface area contributed by atoms with Gasteiger partial charge in [0.05, 0.1) is 6.42 Å². The van der Waals surface area contributed by atoms with Crippen LogP contribution in [0.15, 0.2) is 30.3 Å². The molecule has 4 nitrogen and oxygen atoms in total. The zero-order valence-electron chi connectivity index (χ0n) is 12.8. The molecule has 2 aliphatic rings. The molecular weight excluding hydrogens is 278 g/mol. The lowest BCUT2D eigenvalue weighted by Gasteiger charge is -2.36. The molecule has 0 bridgehead atoms. The Morgan fingerprint density at radius 3 is 2.55 bits per heavy atom. The van der Waals surface area contributed by atoms with Crippen LogP contribution in [0.1, 0.15) is 50.0 Å². The Kier molecular flexibility index (Phi) is 4.46. The molecule has 3 rings (SSSR count). The van der Waals surface area contributed by atoms with Crippen LogP contribution in [0.4, 0.5) is 0 Å². The lowest BCUT2D eigenvalue weighted by atomic mass is 9.70. The summed E-state index contributed by atoms with van der Waals surface area (Å²) in [5, 5.41) is 8.94. The molecule has 1 saturated heterocycles. The zero-order chi connectivity index (χ0) is 15.5. The first-order valence-electron chi connectivity index (χ1n) is 8.19. The van der Waals surface area contributed by atoms with Crippen molar-refractivity contribution in [2.45, 2.75) is 50.5 Å². The molecule has 118 valence electrons. The molecule has 1 unspecified atom stereocenters. The third kappa shape index (κ3) is 3.32. The van der Waals surface area contributed by atoms with E-state index in [1.807, 2.05) is 11.0 Å². The number of carbonyl (C=O) groups excluding carboxylic acids is 1. The Balaban J connectivity index is 1.48. The van der Waals surface area contributed by atoms with Crippen LogP contribution in [0.25, 0.3) is 0 Å². The highest BCUT2D eigenvalue weighted by atomic mass is 16.4. The highest BCUT2D eigenvalue weighted by molar-refractivity contribution is 5.78. The maximum absolute atomic E-state index is 12.4. The first-order chi connectivity index (χ1) is 10.6. The molecule has 1 aliphatic heterocycles. The summed E-state index contributed by atoms with van der Waals surface area (Å²) in [6.45, 7) is 0.728. The minimum atomic E-state index is -0.808. The largest absolute Gasteiger partial charge is 0.481 e. The number of hydrogen-bond acceptors (Lipinski definition) is 2. The van der Waals surface area contributed by atoms with Crippen LogP contribution in [0, 0.1) is 5.92 Å². The van der Waals surface area contributed by atoms with E-state index in [0.717, 1.165) is 32.2 Å². The monoisotopic (exact) mass is 301 g/mol. The predicted octanol–water partition coefficient (Wildman–Crippen LogP) is 3.04. The zero-order valence-corrected chi connectivity index (χ0v) is 12.8. The summed E-state index contributed by atoms with van der Waals surface area (Å²) >= 11 is 0. The second kappa shape index (κ2) is 6.51. The second-order valence-corrected chi connectivity index (χ2v) is 6.63. The van der Waals surface area contributed by atoms with E-state index in [9.17, 15) is 9.59 Å². The van der Waals surface area contributed by atoms with Gasteiger partial charge in [-0.15, -0.1) is 0 Å². The standard InChI is InChI=1S/C18H23NO3/c20-17(19-8-4-7-16(19)12-18(21)22)11-13-9-15(10-13)14-5-2-1-3-6-14/h1-3,5-6,13,15-16H,4,7-12H2,(H,21,22). The maximum Gasteiger partial charge on any atom is 0.305 e. The van der Waals surface area contributed by atoms with Crippen LogP contribution in [-0.4, -0.2) is 34.5 Å². The summed E-state index contributed by atoms with van der Waals surface area (Å²) in [5.41, 5.74) is 1.37. The van der Waals surface area contributed by atoms with Gasteiger partial charge in [0.25, 0.3) is 0 Å². The molecule has 4 heteroatoms. The van der Waals surface area contributed by atoms with Crippen LogP contribution < -0.4 is 0 Å². The van der Waals surface area contributed by atoms with E-state index < -0.39 is 5.97 Å². The Hall–Kier alpha value is -1.84. The molecule has 2 fully saturated rings. The molecule has 0 aromatic heterocycles. The van der Waals surface area contributed by atoms with Gasteiger partial charge in [0.15, 0.2) is 0 Å². The topological polar surface area (TPSA) is 57.6 Å². The van der Waals surface area contributed by atoms with Crippen molar-refractivity contribution in [3.05, 3.63) is 35.9 Å². The van der Waals surface area contributed by atoms with Gasteiger partial charge in [-0.2, -0.15) is 0 Å². The van der Waals surface area contributed by atoms with Crippen molar-refractivity contribution in [2.24, 2.45) is 5.92 Å². The Morgan fingerprint density at radius 2 is 1.86 bits per heavy atom. The number of amides is 1. The smallest absolute Gasteiger partial charge is 0.305 e. The summed E-state index contributed by atoms with van der Waals surface area (Å²) in [5.74, 6) is 0.397. The molecule has 1 aromatic carbocycles. The summed E-state index contributed by atoms with van der Waals surface area (Å²) in [6.07, 6.45) is 4.58. The Morgan fingerprint density at radius 1 is 1.14 bits per heavy atom. The molecule has 0 radical (unpaired) electrons. The number of hydrogen-bond donors (Lipinski definition) is 1. The lowest BCUT2D eigenvalue weighted by molar-refractivity contribution is -0.140. The lowest BCUT2D eigenvalue weighted by Crippen LogP contribution is -2.39. The van der Waals surface area contributed by atoms with Gasteiger partial charge in [-0.3, -0.25) is 9.59 Å². The first kappa shape index (κ1) is 15.1. The molecule has 22 heavy (non-hydrogen) atoms. The molecule has 1 saturated carbocycles. The van der Waals surface area contributed by atoms with E-state index in [1.165, 1.54) is 5.56 Å². The fourth-order valence-corrected chi connectivity index (χ4v) is 3.84. The minimum Gasteiger partial charge on any atom is -0.481 e. The van der Waals surface area contributed by atoms with Gasteiger partial charge in [0.2, 0.25) is 5.91 Å². The number of benzene rings is 1. The van der Waals surface area contributed by atoms with E-state index in [0.29, 0.717) is 18.3 Å². The average Bonchev–Trinajstić information content (AvgIpc) is 2.90. The second-order valence-electron chi connectivity index (χ2n) is 6.63. The number of carbonyl (C=O) groups is 2. The van der Waals surface area contributed by atoms with E-state index in [1.54, 1.807) is 0 Å². The highest BCUT2D eigenvalue weighted by Gasteiger charge is 2.35. The summed E-state index contributed by atoms with van der Waals surface area (Å²) in [4.78, 5) is 25.1. The number of rotatable bonds is 5. The van der Waals surface area contributed by atoms with E-state index in [-0.39, 0.29) is 18.4 Å². The molecule has 1 atom stereocenters. The van der Waals surface area contributed by atoms with Crippen LogP contribution in [-0.2, 0) is 9.59 Å². The van der Waals surface area contributed by atoms with Crippen molar-refractivity contribution in [3.63, 3.8) is 0 Å². The number of likely N-dealkylation sites (tertiary alicyclic amines) is 1. The molecule has 1 heterocycles. The normalized spacial score (nSPS) is 27.5. The minimum absolute atomic E-state index is 0.0864. The maximum atomic E-state index is 12.4. The number of aliphatic carboxylic acids is 1. The predicted molar refractivity (Wildman–Crippen MR) is 83.5 cm³/mol. The summed E-state index contributed by atoms with van der Waals surface area (Å²) in [6, 6.07) is 10.4.